The standard InChI is InChI=1S/C16H20N2S/c1-12(16-18-8-9-19-16)10-17-11-14-4-2-3-5-15(14)13-6-7-13/h2-5,8-9,12-13,17H,6-7,10-11H2,1H3. The topological polar surface area (TPSA) is 24.9 Å². The maximum Gasteiger partial charge on any atom is 0.0965 e. The Labute approximate surface area is 118 Å². The van der Waals surface area contributed by atoms with Gasteiger partial charge in [0.1, 0.15) is 0 Å². The summed E-state index contributed by atoms with van der Waals surface area (Å²) < 4.78 is 0. The molecule has 1 heterocycles. The van der Waals surface area contributed by atoms with E-state index in [0.717, 1.165) is 19.0 Å². The fraction of sp³-hybridized carbons (Fsp3) is 0.438. The lowest BCUT2D eigenvalue weighted by Crippen LogP contribution is -2.20. The zero-order valence-electron chi connectivity index (χ0n) is 11.3. The molecular formula is C16H20N2S. The lowest BCUT2D eigenvalue weighted by Gasteiger charge is -2.12. The molecule has 100 valence electrons. The van der Waals surface area contributed by atoms with E-state index in [1.54, 1.807) is 16.9 Å². The second kappa shape index (κ2) is 5.85. The third-order valence-electron chi connectivity index (χ3n) is 3.71. The van der Waals surface area contributed by atoms with Crippen LogP contribution in [-0.4, -0.2) is 11.5 Å². The Morgan fingerprint density at radius 1 is 1.37 bits per heavy atom. The van der Waals surface area contributed by atoms with Crippen molar-refractivity contribution in [1.29, 1.82) is 0 Å². The Morgan fingerprint density at radius 3 is 2.95 bits per heavy atom. The van der Waals surface area contributed by atoms with Crippen LogP contribution in [0.3, 0.4) is 0 Å². The van der Waals surface area contributed by atoms with Crippen LogP contribution < -0.4 is 5.32 Å². The summed E-state index contributed by atoms with van der Waals surface area (Å²) in [6.07, 6.45) is 4.62. The van der Waals surface area contributed by atoms with E-state index in [2.05, 4.69) is 41.5 Å². The van der Waals surface area contributed by atoms with Gasteiger partial charge in [0.05, 0.1) is 5.01 Å². The van der Waals surface area contributed by atoms with Gasteiger partial charge in [-0.05, 0) is 29.9 Å². The molecule has 1 aliphatic carbocycles. The first-order chi connectivity index (χ1) is 9.34. The summed E-state index contributed by atoms with van der Waals surface area (Å²) in [5.41, 5.74) is 3.02. The monoisotopic (exact) mass is 272 g/mol. The second-order valence-electron chi connectivity index (χ2n) is 5.38. The molecule has 1 aliphatic rings. The SMILES string of the molecule is CC(CNCc1ccccc1C1CC1)c1nccs1. The van der Waals surface area contributed by atoms with Crippen LogP contribution in [0.1, 0.15) is 47.7 Å². The predicted molar refractivity (Wildman–Crippen MR) is 80.7 cm³/mol. The van der Waals surface area contributed by atoms with Crippen LogP contribution in [-0.2, 0) is 6.54 Å². The highest BCUT2D eigenvalue weighted by Crippen LogP contribution is 2.41. The molecule has 0 radical (unpaired) electrons. The Bertz CT molecular complexity index is 517. The maximum atomic E-state index is 4.38. The Hall–Kier alpha value is -1.19. The molecule has 2 aromatic rings. The molecule has 1 fully saturated rings. The van der Waals surface area contributed by atoms with E-state index in [1.807, 2.05) is 11.6 Å². The van der Waals surface area contributed by atoms with E-state index in [1.165, 1.54) is 23.4 Å². The van der Waals surface area contributed by atoms with Gasteiger partial charge in [-0.15, -0.1) is 11.3 Å². The fourth-order valence-corrected chi connectivity index (χ4v) is 3.17. The zero-order valence-corrected chi connectivity index (χ0v) is 12.1. The van der Waals surface area contributed by atoms with Crippen molar-refractivity contribution in [3.8, 4) is 0 Å². The molecule has 0 spiro atoms. The molecule has 1 unspecified atom stereocenters. The lowest BCUT2D eigenvalue weighted by atomic mass is 10.0. The smallest absolute Gasteiger partial charge is 0.0965 e. The van der Waals surface area contributed by atoms with Crippen LogP contribution in [0.4, 0.5) is 0 Å². The normalized spacial score (nSPS) is 16.5. The summed E-state index contributed by atoms with van der Waals surface area (Å²) >= 11 is 1.74. The first-order valence-corrected chi connectivity index (χ1v) is 7.90. The summed E-state index contributed by atoms with van der Waals surface area (Å²) in [6.45, 7) is 4.20. The summed E-state index contributed by atoms with van der Waals surface area (Å²) in [5.74, 6) is 1.32. The minimum absolute atomic E-state index is 0.494. The van der Waals surface area contributed by atoms with Gasteiger partial charge in [0.15, 0.2) is 0 Å². The van der Waals surface area contributed by atoms with Gasteiger partial charge in [-0.25, -0.2) is 4.98 Å². The molecule has 0 amide bonds. The molecule has 1 saturated carbocycles. The van der Waals surface area contributed by atoms with E-state index in [9.17, 15) is 0 Å². The van der Waals surface area contributed by atoms with Crippen LogP contribution >= 0.6 is 11.3 Å². The molecule has 0 bridgehead atoms. The second-order valence-corrected chi connectivity index (χ2v) is 6.30. The van der Waals surface area contributed by atoms with Crippen molar-refractivity contribution in [3.63, 3.8) is 0 Å². The first-order valence-electron chi connectivity index (χ1n) is 7.02. The van der Waals surface area contributed by atoms with Gasteiger partial charge in [0.25, 0.3) is 0 Å². The average molecular weight is 272 g/mol. The van der Waals surface area contributed by atoms with Gasteiger partial charge in [0, 0.05) is 30.6 Å². The number of hydrogen-bond donors (Lipinski definition) is 1. The lowest BCUT2D eigenvalue weighted by molar-refractivity contribution is 0.610. The Balaban J connectivity index is 1.55. The Kier molecular flexibility index (Phi) is 3.95. The highest BCUT2D eigenvalue weighted by molar-refractivity contribution is 7.09. The molecule has 1 aromatic heterocycles. The van der Waals surface area contributed by atoms with Crippen molar-refractivity contribution in [1.82, 2.24) is 10.3 Å². The molecule has 3 heteroatoms. The zero-order chi connectivity index (χ0) is 13.1. The largest absolute Gasteiger partial charge is 0.312 e. The van der Waals surface area contributed by atoms with E-state index < -0.39 is 0 Å². The van der Waals surface area contributed by atoms with Crippen LogP contribution in [0.5, 0.6) is 0 Å². The summed E-state index contributed by atoms with van der Waals surface area (Å²) in [7, 11) is 0. The molecular weight excluding hydrogens is 252 g/mol. The molecule has 19 heavy (non-hydrogen) atoms. The number of rotatable bonds is 6. The minimum Gasteiger partial charge on any atom is -0.312 e. The quantitative estimate of drug-likeness (QED) is 0.862. The van der Waals surface area contributed by atoms with Crippen LogP contribution in [0.2, 0.25) is 0 Å². The highest BCUT2D eigenvalue weighted by atomic mass is 32.1. The number of nitrogens with one attached hydrogen (secondary N) is 1. The van der Waals surface area contributed by atoms with Crippen LogP contribution in [0.15, 0.2) is 35.8 Å². The van der Waals surface area contributed by atoms with Crippen molar-refractivity contribution in [3.05, 3.63) is 52.0 Å². The summed E-state index contributed by atoms with van der Waals surface area (Å²) in [4.78, 5) is 4.38. The third kappa shape index (κ3) is 3.23. The first kappa shape index (κ1) is 12.8. The summed E-state index contributed by atoms with van der Waals surface area (Å²) in [5, 5.41) is 6.85. The number of hydrogen-bond acceptors (Lipinski definition) is 3. The fourth-order valence-electron chi connectivity index (χ4n) is 2.48. The average Bonchev–Trinajstić information content (AvgIpc) is 3.13. The number of nitrogens with zero attached hydrogens (tertiary/aromatic N) is 1. The van der Waals surface area contributed by atoms with E-state index in [4.69, 9.17) is 0 Å². The van der Waals surface area contributed by atoms with Gasteiger partial charge in [-0.3, -0.25) is 0 Å². The van der Waals surface area contributed by atoms with Crippen molar-refractivity contribution in [2.24, 2.45) is 0 Å². The van der Waals surface area contributed by atoms with Crippen molar-refractivity contribution < 1.29 is 0 Å². The molecule has 2 nitrogen and oxygen atoms in total. The van der Waals surface area contributed by atoms with E-state index in [0.29, 0.717) is 5.92 Å². The molecule has 1 atom stereocenters. The number of benzene rings is 1. The van der Waals surface area contributed by atoms with Crippen molar-refractivity contribution in [2.75, 3.05) is 6.54 Å². The summed E-state index contributed by atoms with van der Waals surface area (Å²) in [6, 6.07) is 8.86. The number of aromatic nitrogens is 1. The maximum absolute atomic E-state index is 4.38. The number of thiazole rings is 1. The van der Waals surface area contributed by atoms with Crippen LogP contribution in [0.25, 0.3) is 0 Å². The van der Waals surface area contributed by atoms with Crippen molar-refractivity contribution in [2.45, 2.75) is 38.1 Å². The predicted octanol–water partition coefficient (Wildman–Crippen LogP) is 3.91. The third-order valence-corrected chi connectivity index (χ3v) is 4.72. The van der Waals surface area contributed by atoms with E-state index >= 15 is 0 Å². The van der Waals surface area contributed by atoms with Gasteiger partial charge < -0.3 is 5.32 Å². The molecule has 1 aromatic carbocycles. The molecule has 0 saturated heterocycles. The highest BCUT2D eigenvalue weighted by Gasteiger charge is 2.25. The van der Waals surface area contributed by atoms with Gasteiger partial charge >= 0.3 is 0 Å². The molecule has 3 rings (SSSR count). The van der Waals surface area contributed by atoms with Gasteiger partial charge in [0.2, 0.25) is 0 Å². The Morgan fingerprint density at radius 2 is 2.21 bits per heavy atom. The van der Waals surface area contributed by atoms with Gasteiger partial charge in [-0.2, -0.15) is 0 Å². The van der Waals surface area contributed by atoms with Crippen LogP contribution in [0, 0.1) is 0 Å². The molecule has 0 aliphatic heterocycles. The minimum atomic E-state index is 0.494. The van der Waals surface area contributed by atoms with Crippen molar-refractivity contribution >= 4 is 11.3 Å². The van der Waals surface area contributed by atoms with E-state index in [-0.39, 0.29) is 0 Å². The van der Waals surface area contributed by atoms with Gasteiger partial charge in [-0.1, -0.05) is 31.2 Å². The molecule has 1 N–H and O–H groups in total.